The van der Waals surface area contributed by atoms with Crippen LogP contribution in [0.15, 0.2) is 59.2 Å². The summed E-state index contributed by atoms with van der Waals surface area (Å²) in [5, 5.41) is 15.1. The lowest BCUT2D eigenvalue weighted by molar-refractivity contribution is -0.384. The number of nitro groups is 1. The molecule has 0 aliphatic carbocycles. The highest BCUT2D eigenvalue weighted by Crippen LogP contribution is 2.31. The van der Waals surface area contributed by atoms with Crippen molar-refractivity contribution in [3.8, 4) is 0 Å². The predicted octanol–water partition coefficient (Wildman–Crippen LogP) is 4.72. The predicted molar refractivity (Wildman–Crippen MR) is 123 cm³/mol. The first-order chi connectivity index (χ1) is 15.4. The minimum absolute atomic E-state index is 0.00497. The van der Waals surface area contributed by atoms with Crippen LogP contribution in [0.25, 0.3) is 0 Å². The Bertz CT molecular complexity index is 1130. The minimum atomic E-state index is -0.405. The molecule has 4 rings (SSSR count). The molecule has 166 valence electrons. The van der Waals surface area contributed by atoms with Crippen LogP contribution in [0.2, 0.25) is 5.02 Å². The molecule has 0 unspecified atom stereocenters. The summed E-state index contributed by atoms with van der Waals surface area (Å²) in [4.78, 5) is 27.8. The smallest absolute Gasteiger partial charge is 0.292 e. The van der Waals surface area contributed by atoms with Crippen LogP contribution < -0.4 is 10.2 Å². The number of anilines is 2. The highest BCUT2D eigenvalue weighted by atomic mass is 35.5. The summed E-state index contributed by atoms with van der Waals surface area (Å²) in [5.74, 6) is 0.643. The molecule has 2 aromatic carbocycles. The van der Waals surface area contributed by atoms with Crippen LogP contribution >= 0.6 is 11.6 Å². The number of halogens is 1. The van der Waals surface area contributed by atoms with Crippen LogP contribution in [0.3, 0.4) is 0 Å². The van der Waals surface area contributed by atoms with Crippen LogP contribution in [-0.2, 0) is 6.54 Å². The van der Waals surface area contributed by atoms with Gasteiger partial charge in [-0.2, -0.15) is 0 Å². The van der Waals surface area contributed by atoms with Crippen molar-refractivity contribution in [2.75, 3.05) is 36.4 Å². The lowest BCUT2D eigenvalue weighted by atomic mass is 10.1. The SMILES string of the molecule is Cc1ccc(C(=O)N2CCN(c3ccc([N+](=O)[O-])c(NCc4ccco4)c3)CC2)cc1Cl. The summed E-state index contributed by atoms with van der Waals surface area (Å²) >= 11 is 6.17. The van der Waals surface area contributed by atoms with Gasteiger partial charge in [-0.15, -0.1) is 0 Å². The monoisotopic (exact) mass is 454 g/mol. The van der Waals surface area contributed by atoms with Crippen LogP contribution in [0, 0.1) is 17.0 Å². The van der Waals surface area contributed by atoms with Gasteiger partial charge in [0.05, 0.1) is 17.7 Å². The van der Waals surface area contributed by atoms with E-state index in [9.17, 15) is 14.9 Å². The van der Waals surface area contributed by atoms with Crippen molar-refractivity contribution >= 4 is 34.6 Å². The molecule has 1 aromatic heterocycles. The fourth-order valence-corrected chi connectivity index (χ4v) is 3.87. The number of piperazine rings is 1. The standard InChI is InChI=1S/C23H23ClN4O4/c1-16-4-5-17(13-20(16)24)23(29)27-10-8-26(9-11-27)18-6-7-22(28(30)31)21(14-18)25-15-19-3-2-12-32-19/h2-7,12-14,25H,8-11,15H2,1H3. The van der Waals surface area contributed by atoms with E-state index in [0.29, 0.717) is 54.8 Å². The average molecular weight is 455 g/mol. The molecule has 1 fully saturated rings. The number of nitrogens with one attached hydrogen (secondary N) is 1. The second-order valence-corrected chi connectivity index (χ2v) is 8.04. The van der Waals surface area contributed by atoms with Gasteiger partial charge >= 0.3 is 0 Å². The first-order valence-corrected chi connectivity index (χ1v) is 10.7. The Labute approximate surface area is 190 Å². The number of nitrogens with zero attached hydrogens (tertiary/aromatic N) is 3. The first kappa shape index (κ1) is 21.7. The number of hydrogen-bond acceptors (Lipinski definition) is 6. The molecule has 1 aliphatic heterocycles. The number of aryl methyl sites for hydroxylation is 1. The molecule has 0 spiro atoms. The Hall–Kier alpha value is -3.52. The van der Waals surface area contributed by atoms with E-state index in [1.54, 1.807) is 47.6 Å². The largest absolute Gasteiger partial charge is 0.467 e. The second-order valence-electron chi connectivity index (χ2n) is 7.63. The van der Waals surface area contributed by atoms with Crippen molar-refractivity contribution in [3.05, 3.63) is 86.8 Å². The van der Waals surface area contributed by atoms with Gasteiger partial charge in [-0.3, -0.25) is 14.9 Å². The lowest BCUT2D eigenvalue weighted by Crippen LogP contribution is -2.48. The molecule has 9 heteroatoms. The van der Waals surface area contributed by atoms with Gasteiger partial charge in [-0.05, 0) is 48.9 Å². The van der Waals surface area contributed by atoms with E-state index in [4.69, 9.17) is 16.0 Å². The molecule has 1 amide bonds. The van der Waals surface area contributed by atoms with Gasteiger partial charge in [0, 0.05) is 48.5 Å². The highest BCUT2D eigenvalue weighted by Gasteiger charge is 2.24. The van der Waals surface area contributed by atoms with Crippen LogP contribution in [0.4, 0.5) is 17.1 Å². The molecule has 1 saturated heterocycles. The zero-order chi connectivity index (χ0) is 22.7. The third-order valence-electron chi connectivity index (χ3n) is 5.56. The van der Waals surface area contributed by atoms with Crippen molar-refractivity contribution in [2.45, 2.75) is 13.5 Å². The number of rotatable bonds is 6. The van der Waals surface area contributed by atoms with Gasteiger partial charge in [-0.25, -0.2) is 0 Å². The maximum atomic E-state index is 12.8. The summed E-state index contributed by atoms with van der Waals surface area (Å²) < 4.78 is 5.30. The molecule has 3 aromatic rings. The third kappa shape index (κ3) is 4.70. The van der Waals surface area contributed by atoms with Gasteiger partial charge in [0.15, 0.2) is 0 Å². The number of nitro benzene ring substituents is 1. The van der Waals surface area contributed by atoms with Crippen molar-refractivity contribution in [2.24, 2.45) is 0 Å². The van der Waals surface area contributed by atoms with Crippen LogP contribution in [0.1, 0.15) is 21.7 Å². The summed E-state index contributed by atoms with van der Waals surface area (Å²) in [6.45, 7) is 4.60. The molecule has 0 atom stereocenters. The fraction of sp³-hybridized carbons (Fsp3) is 0.261. The van der Waals surface area contributed by atoms with E-state index in [-0.39, 0.29) is 11.6 Å². The van der Waals surface area contributed by atoms with E-state index >= 15 is 0 Å². The van der Waals surface area contributed by atoms with Gasteiger partial charge in [-0.1, -0.05) is 17.7 Å². The number of carbonyl (C=O) groups excluding carboxylic acids is 1. The topological polar surface area (TPSA) is 91.9 Å². The number of amides is 1. The molecule has 32 heavy (non-hydrogen) atoms. The van der Waals surface area contributed by atoms with Gasteiger partial charge in [0.25, 0.3) is 11.6 Å². The van der Waals surface area contributed by atoms with Gasteiger partial charge < -0.3 is 19.5 Å². The first-order valence-electron chi connectivity index (χ1n) is 10.3. The number of hydrogen-bond donors (Lipinski definition) is 1. The zero-order valence-corrected chi connectivity index (χ0v) is 18.3. The number of carbonyl (C=O) groups is 1. The van der Waals surface area contributed by atoms with Crippen LogP contribution in [-0.4, -0.2) is 41.9 Å². The molecule has 1 N–H and O–H groups in total. The Balaban J connectivity index is 1.44. The fourth-order valence-electron chi connectivity index (χ4n) is 3.69. The highest BCUT2D eigenvalue weighted by molar-refractivity contribution is 6.31. The molecule has 8 nitrogen and oxygen atoms in total. The lowest BCUT2D eigenvalue weighted by Gasteiger charge is -2.36. The molecule has 0 radical (unpaired) electrons. The third-order valence-corrected chi connectivity index (χ3v) is 5.97. The van der Waals surface area contributed by atoms with E-state index in [2.05, 4.69) is 10.2 Å². The van der Waals surface area contributed by atoms with Crippen molar-refractivity contribution in [1.29, 1.82) is 0 Å². The van der Waals surface area contributed by atoms with Gasteiger partial charge in [0.1, 0.15) is 11.4 Å². The quantitative estimate of drug-likeness (QED) is 0.428. The van der Waals surface area contributed by atoms with Crippen molar-refractivity contribution < 1.29 is 14.1 Å². The average Bonchev–Trinajstić information content (AvgIpc) is 3.32. The molecule has 0 saturated carbocycles. The maximum absolute atomic E-state index is 12.8. The molecular weight excluding hydrogens is 432 g/mol. The van der Waals surface area contributed by atoms with E-state index in [0.717, 1.165) is 11.3 Å². The summed E-state index contributed by atoms with van der Waals surface area (Å²) in [6, 6.07) is 14.0. The molecular formula is C23H23ClN4O4. The molecule has 1 aliphatic rings. The molecule has 0 bridgehead atoms. The minimum Gasteiger partial charge on any atom is -0.467 e. The maximum Gasteiger partial charge on any atom is 0.292 e. The van der Waals surface area contributed by atoms with Crippen LogP contribution in [0.5, 0.6) is 0 Å². The Morgan fingerprint density at radius 1 is 1.16 bits per heavy atom. The van der Waals surface area contributed by atoms with E-state index in [1.807, 2.05) is 13.0 Å². The number of benzene rings is 2. The summed E-state index contributed by atoms with van der Waals surface area (Å²) in [6.07, 6.45) is 1.56. The zero-order valence-electron chi connectivity index (χ0n) is 17.6. The second kappa shape index (κ2) is 9.32. The summed E-state index contributed by atoms with van der Waals surface area (Å²) in [7, 11) is 0. The van der Waals surface area contributed by atoms with Crippen molar-refractivity contribution in [3.63, 3.8) is 0 Å². The van der Waals surface area contributed by atoms with E-state index in [1.165, 1.54) is 6.07 Å². The van der Waals surface area contributed by atoms with Crippen molar-refractivity contribution in [1.82, 2.24) is 4.90 Å². The Morgan fingerprint density at radius 3 is 2.59 bits per heavy atom. The normalized spacial score (nSPS) is 13.8. The molecule has 2 heterocycles. The Morgan fingerprint density at radius 2 is 1.94 bits per heavy atom. The van der Waals surface area contributed by atoms with Gasteiger partial charge in [0.2, 0.25) is 0 Å². The Kier molecular flexibility index (Phi) is 6.32. The number of furan rings is 1. The summed E-state index contributed by atoms with van der Waals surface area (Å²) in [5.41, 5.74) is 2.81. The van der Waals surface area contributed by atoms with E-state index < -0.39 is 4.92 Å².